The van der Waals surface area contributed by atoms with E-state index in [1.165, 1.54) is 17.8 Å². The number of nitrogens with zero attached hydrogens (tertiary/aromatic N) is 1. The van der Waals surface area contributed by atoms with Gasteiger partial charge >= 0.3 is 0 Å². The van der Waals surface area contributed by atoms with Crippen LogP contribution in [0.25, 0.3) is 0 Å². The molecule has 0 radical (unpaired) electrons. The Balaban J connectivity index is 1.94. The third-order valence-corrected chi connectivity index (χ3v) is 4.66. The van der Waals surface area contributed by atoms with Gasteiger partial charge in [-0.25, -0.2) is 4.98 Å². The monoisotopic (exact) mass is 281 g/mol. The Bertz CT molecular complexity index is 452. The number of nitrogens with two attached hydrogens (primary N) is 1. The highest BCUT2D eigenvalue weighted by molar-refractivity contribution is 7.13. The summed E-state index contributed by atoms with van der Waals surface area (Å²) in [6, 6.07) is 0. The smallest absolute Gasteiger partial charge is 0.226 e. The summed E-state index contributed by atoms with van der Waals surface area (Å²) in [5, 5.41) is 5.61. The lowest BCUT2D eigenvalue weighted by Gasteiger charge is -2.40. The average molecular weight is 281 g/mol. The maximum Gasteiger partial charge on any atom is 0.226 e. The van der Waals surface area contributed by atoms with E-state index in [-0.39, 0.29) is 16.7 Å². The first-order valence-corrected chi connectivity index (χ1v) is 7.69. The first kappa shape index (κ1) is 14.5. The van der Waals surface area contributed by atoms with Crippen LogP contribution < -0.4 is 11.1 Å². The van der Waals surface area contributed by atoms with Gasteiger partial charge in [-0.2, -0.15) is 0 Å². The molecule has 1 aromatic rings. The quantitative estimate of drug-likeness (QED) is 0.891. The van der Waals surface area contributed by atoms with E-state index in [1.54, 1.807) is 0 Å². The van der Waals surface area contributed by atoms with E-state index >= 15 is 0 Å². The molecule has 1 fully saturated rings. The number of carbonyl (C=O) groups excluding carboxylic acids is 1. The number of amides is 1. The number of hydrogen-bond donors (Lipinski definition) is 2. The Morgan fingerprint density at radius 2 is 2.21 bits per heavy atom. The summed E-state index contributed by atoms with van der Waals surface area (Å²) in [5.41, 5.74) is 6.87. The number of aromatic nitrogens is 1. The maximum atomic E-state index is 12.0. The molecule has 0 aromatic carbocycles. The third kappa shape index (κ3) is 3.34. The second-order valence-electron chi connectivity index (χ2n) is 6.57. The average Bonchev–Trinajstić information content (AvgIpc) is 2.71. The van der Waals surface area contributed by atoms with Crippen LogP contribution in [-0.2, 0) is 10.2 Å². The molecule has 0 saturated heterocycles. The predicted octanol–water partition coefficient (Wildman–Crippen LogP) is 2.90. The van der Waals surface area contributed by atoms with E-state index in [9.17, 15) is 4.79 Å². The molecule has 1 aromatic heterocycles. The van der Waals surface area contributed by atoms with Gasteiger partial charge in [-0.05, 0) is 24.8 Å². The molecule has 4 nitrogen and oxygen atoms in total. The second-order valence-corrected chi connectivity index (χ2v) is 7.43. The zero-order valence-corrected chi connectivity index (χ0v) is 12.8. The highest BCUT2D eigenvalue weighted by atomic mass is 32.1. The number of carbonyl (C=O) groups is 1. The second kappa shape index (κ2) is 5.21. The Labute approximate surface area is 118 Å². The van der Waals surface area contributed by atoms with Gasteiger partial charge in [0.1, 0.15) is 0 Å². The summed E-state index contributed by atoms with van der Waals surface area (Å²) >= 11 is 1.49. The van der Waals surface area contributed by atoms with Gasteiger partial charge in [0.2, 0.25) is 5.91 Å². The molecule has 19 heavy (non-hydrogen) atoms. The number of nitrogens with one attached hydrogen (secondary N) is 1. The zero-order valence-electron chi connectivity index (χ0n) is 12.0. The van der Waals surface area contributed by atoms with E-state index in [1.807, 2.05) is 5.38 Å². The largest absolute Gasteiger partial charge is 0.330 e. The van der Waals surface area contributed by atoms with Crippen molar-refractivity contribution < 1.29 is 4.79 Å². The fourth-order valence-electron chi connectivity index (χ4n) is 2.31. The fourth-order valence-corrected chi connectivity index (χ4v) is 3.26. The molecular weight excluding hydrogens is 258 g/mol. The summed E-state index contributed by atoms with van der Waals surface area (Å²) in [4.78, 5) is 16.5. The van der Waals surface area contributed by atoms with Crippen molar-refractivity contribution in [3.63, 3.8) is 0 Å². The van der Waals surface area contributed by atoms with Gasteiger partial charge in [0.05, 0.1) is 5.69 Å². The van der Waals surface area contributed by atoms with Crippen molar-refractivity contribution in [1.29, 1.82) is 0 Å². The van der Waals surface area contributed by atoms with Gasteiger partial charge in [0, 0.05) is 17.2 Å². The Kier molecular flexibility index (Phi) is 3.97. The topological polar surface area (TPSA) is 68.0 Å². The van der Waals surface area contributed by atoms with E-state index in [4.69, 9.17) is 5.73 Å². The molecular formula is C14H23N3OS. The first-order valence-electron chi connectivity index (χ1n) is 6.81. The molecule has 5 heteroatoms. The van der Waals surface area contributed by atoms with E-state index in [0.29, 0.717) is 18.1 Å². The lowest BCUT2D eigenvalue weighted by atomic mass is 9.66. The Morgan fingerprint density at radius 3 is 2.63 bits per heavy atom. The number of anilines is 1. The molecule has 106 valence electrons. The maximum absolute atomic E-state index is 12.0. The summed E-state index contributed by atoms with van der Waals surface area (Å²) in [6.45, 7) is 6.95. The van der Waals surface area contributed by atoms with E-state index < -0.39 is 0 Å². The summed E-state index contributed by atoms with van der Waals surface area (Å²) < 4.78 is 0. The van der Waals surface area contributed by atoms with Crippen LogP contribution in [0.15, 0.2) is 5.38 Å². The standard InChI is InChI=1S/C14H23N3OS/c1-13(2,3)10-8-19-12(16-10)17-11(18)7-14(9-15)5-4-6-14/h8H,4-7,9,15H2,1-3H3,(H,16,17,18). The Hall–Kier alpha value is -0.940. The molecule has 0 atom stereocenters. The SMILES string of the molecule is CC(C)(C)c1csc(NC(=O)CC2(CN)CCC2)n1. The molecule has 0 bridgehead atoms. The lowest BCUT2D eigenvalue weighted by molar-refractivity contribution is -0.119. The molecule has 2 rings (SSSR count). The molecule has 1 amide bonds. The van der Waals surface area contributed by atoms with Gasteiger partial charge in [-0.3, -0.25) is 4.79 Å². The van der Waals surface area contributed by atoms with Gasteiger partial charge in [-0.15, -0.1) is 11.3 Å². The van der Waals surface area contributed by atoms with Crippen LogP contribution in [0, 0.1) is 5.41 Å². The van der Waals surface area contributed by atoms with Crippen LogP contribution >= 0.6 is 11.3 Å². The zero-order chi connectivity index (χ0) is 14.1. The minimum absolute atomic E-state index is 0.0198. The Morgan fingerprint density at radius 1 is 1.53 bits per heavy atom. The van der Waals surface area contributed by atoms with Crippen molar-refractivity contribution in [2.75, 3.05) is 11.9 Å². The number of hydrogen-bond acceptors (Lipinski definition) is 4. The van der Waals surface area contributed by atoms with Crippen LogP contribution in [0.3, 0.4) is 0 Å². The molecule has 3 N–H and O–H groups in total. The minimum atomic E-state index is 0.0198. The minimum Gasteiger partial charge on any atom is -0.330 e. The first-order chi connectivity index (χ1) is 8.85. The predicted molar refractivity (Wildman–Crippen MR) is 79.4 cm³/mol. The number of thiazole rings is 1. The van der Waals surface area contributed by atoms with Gasteiger partial charge < -0.3 is 11.1 Å². The molecule has 1 heterocycles. The van der Waals surface area contributed by atoms with Crippen LogP contribution in [0.1, 0.15) is 52.1 Å². The van der Waals surface area contributed by atoms with E-state index in [0.717, 1.165) is 18.5 Å². The van der Waals surface area contributed by atoms with E-state index in [2.05, 4.69) is 31.1 Å². The van der Waals surface area contributed by atoms with Crippen LogP contribution in [0.4, 0.5) is 5.13 Å². The lowest BCUT2D eigenvalue weighted by Crippen LogP contribution is -2.40. The summed E-state index contributed by atoms with van der Waals surface area (Å²) in [6.07, 6.45) is 3.86. The molecule has 0 aliphatic heterocycles. The summed E-state index contributed by atoms with van der Waals surface area (Å²) in [7, 11) is 0. The molecule has 0 spiro atoms. The van der Waals surface area contributed by atoms with Crippen molar-refractivity contribution in [3.05, 3.63) is 11.1 Å². The van der Waals surface area contributed by atoms with Gasteiger partial charge in [0.25, 0.3) is 0 Å². The van der Waals surface area contributed by atoms with Gasteiger partial charge in [0.15, 0.2) is 5.13 Å². The van der Waals surface area contributed by atoms with Crippen molar-refractivity contribution in [2.45, 2.75) is 51.9 Å². The van der Waals surface area contributed by atoms with Crippen molar-refractivity contribution in [2.24, 2.45) is 11.1 Å². The molecule has 1 saturated carbocycles. The van der Waals surface area contributed by atoms with Crippen LogP contribution in [0.2, 0.25) is 0 Å². The highest BCUT2D eigenvalue weighted by Gasteiger charge is 2.37. The molecule has 1 aliphatic rings. The van der Waals surface area contributed by atoms with Crippen LogP contribution in [-0.4, -0.2) is 17.4 Å². The third-order valence-electron chi connectivity index (χ3n) is 3.90. The summed E-state index contributed by atoms with van der Waals surface area (Å²) in [5.74, 6) is 0.0416. The molecule has 0 unspecified atom stereocenters. The molecule has 1 aliphatic carbocycles. The number of rotatable bonds is 4. The van der Waals surface area contributed by atoms with Crippen LogP contribution in [0.5, 0.6) is 0 Å². The normalized spacial score (nSPS) is 17.9. The van der Waals surface area contributed by atoms with Crippen molar-refractivity contribution >= 4 is 22.4 Å². The van der Waals surface area contributed by atoms with Gasteiger partial charge in [-0.1, -0.05) is 27.2 Å². The van der Waals surface area contributed by atoms with Crippen molar-refractivity contribution in [1.82, 2.24) is 4.98 Å². The van der Waals surface area contributed by atoms with Crippen molar-refractivity contribution in [3.8, 4) is 0 Å². The fraction of sp³-hybridized carbons (Fsp3) is 0.714. The highest BCUT2D eigenvalue weighted by Crippen LogP contribution is 2.43.